The zero-order chi connectivity index (χ0) is 16.3. The zero-order valence-corrected chi connectivity index (χ0v) is 12.7. The van der Waals surface area contributed by atoms with Gasteiger partial charge in [0.15, 0.2) is 5.69 Å². The molecule has 0 bridgehead atoms. The summed E-state index contributed by atoms with van der Waals surface area (Å²) in [7, 11) is 1.45. The van der Waals surface area contributed by atoms with Crippen molar-refractivity contribution in [2.24, 2.45) is 0 Å². The van der Waals surface area contributed by atoms with E-state index in [0.717, 1.165) is 6.42 Å². The molecule has 2 aromatic rings. The summed E-state index contributed by atoms with van der Waals surface area (Å²) in [5.41, 5.74) is 0.0789. The molecule has 2 rings (SSSR count). The quantitative estimate of drug-likeness (QED) is 0.826. The number of benzene rings is 1. The van der Waals surface area contributed by atoms with Gasteiger partial charge in [0.1, 0.15) is 5.75 Å². The van der Waals surface area contributed by atoms with Gasteiger partial charge in [-0.2, -0.15) is 0 Å². The summed E-state index contributed by atoms with van der Waals surface area (Å²) in [6.45, 7) is 3.93. The minimum atomic E-state index is -0.547. The molecule has 1 aromatic heterocycles. The van der Waals surface area contributed by atoms with Gasteiger partial charge in [-0.15, -0.1) is 0 Å². The fourth-order valence-electron chi connectivity index (χ4n) is 2.04. The van der Waals surface area contributed by atoms with Gasteiger partial charge in [0, 0.05) is 11.5 Å². The Kier molecular flexibility index (Phi) is 4.60. The van der Waals surface area contributed by atoms with Gasteiger partial charge >= 0.3 is 0 Å². The third-order valence-electron chi connectivity index (χ3n) is 3.55. The third-order valence-corrected chi connectivity index (χ3v) is 3.55. The summed E-state index contributed by atoms with van der Waals surface area (Å²) in [4.78, 5) is 31.3. The Labute approximate surface area is 127 Å². The van der Waals surface area contributed by atoms with E-state index in [1.807, 2.05) is 13.8 Å². The molecule has 116 valence electrons. The number of nitrogens with one attached hydrogen (secondary N) is 1. The number of hydrogen-bond donors (Lipinski definition) is 2. The smallest absolute Gasteiger partial charge is 0.278 e. The first-order valence-corrected chi connectivity index (χ1v) is 6.99. The van der Waals surface area contributed by atoms with Crippen LogP contribution in [0.1, 0.15) is 47.9 Å². The van der Waals surface area contributed by atoms with Crippen molar-refractivity contribution in [2.45, 2.75) is 26.2 Å². The van der Waals surface area contributed by atoms with Crippen LogP contribution < -0.4 is 10.3 Å². The number of rotatable bonds is 5. The van der Waals surface area contributed by atoms with Crippen LogP contribution in [0.25, 0.3) is 0 Å². The molecule has 6 nitrogen and oxygen atoms in total. The topological polar surface area (TPSA) is 92.3 Å². The predicted octanol–water partition coefficient (Wildman–Crippen LogP) is 2.23. The van der Waals surface area contributed by atoms with Gasteiger partial charge in [0.05, 0.1) is 12.8 Å². The highest BCUT2D eigenvalue weighted by Gasteiger charge is 2.21. The van der Waals surface area contributed by atoms with Gasteiger partial charge in [0.25, 0.3) is 5.56 Å². The van der Waals surface area contributed by atoms with Crippen molar-refractivity contribution in [3.8, 4) is 11.6 Å². The van der Waals surface area contributed by atoms with Gasteiger partial charge in [-0.1, -0.05) is 13.8 Å². The normalized spacial score (nSPS) is 12.0. The number of hydrogen-bond acceptors (Lipinski definition) is 5. The molecule has 1 atom stereocenters. The summed E-state index contributed by atoms with van der Waals surface area (Å²) in [5.74, 6) is -0.164. The highest BCUT2D eigenvalue weighted by molar-refractivity contribution is 6.07. The van der Waals surface area contributed by atoms with E-state index in [2.05, 4.69) is 9.97 Å². The molecule has 1 unspecified atom stereocenters. The number of carbonyl (C=O) groups excluding carboxylic acids is 1. The lowest BCUT2D eigenvalue weighted by atomic mass is 10.0. The molecule has 0 amide bonds. The number of aromatic hydroxyl groups is 1. The first-order valence-electron chi connectivity index (χ1n) is 6.99. The van der Waals surface area contributed by atoms with Crippen LogP contribution in [-0.4, -0.2) is 28.0 Å². The SMILES string of the molecule is CCC(C)c1[nH]c(=O)c(C(=O)c2ccc(O)cc2)nc1OC. The van der Waals surface area contributed by atoms with Crippen molar-refractivity contribution < 1.29 is 14.6 Å². The maximum Gasteiger partial charge on any atom is 0.278 e. The summed E-state index contributed by atoms with van der Waals surface area (Å²) in [5, 5.41) is 9.26. The number of methoxy groups -OCH3 is 1. The molecule has 0 spiro atoms. The number of ether oxygens (including phenoxy) is 1. The second kappa shape index (κ2) is 6.43. The molecule has 0 saturated carbocycles. The summed E-state index contributed by atoms with van der Waals surface area (Å²) >= 11 is 0. The summed E-state index contributed by atoms with van der Waals surface area (Å²) < 4.78 is 5.20. The van der Waals surface area contributed by atoms with Crippen LogP contribution in [0.3, 0.4) is 0 Å². The largest absolute Gasteiger partial charge is 0.508 e. The lowest BCUT2D eigenvalue weighted by molar-refractivity contribution is 0.103. The number of ketones is 1. The minimum Gasteiger partial charge on any atom is -0.508 e. The number of carbonyl (C=O) groups is 1. The van der Waals surface area contributed by atoms with Crippen molar-refractivity contribution in [1.29, 1.82) is 0 Å². The second-order valence-electron chi connectivity index (χ2n) is 5.02. The van der Waals surface area contributed by atoms with Crippen LogP contribution in [0.4, 0.5) is 0 Å². The number of phenolic OH excluding ortho intramolecular Hbond substituents is 1. The Morgan fingerprint density at radius 2 is 2.00 bits per heavy atom. The second-order valence-corrected chi connectivity index (χ2v) is 5.02. The van der Waals surface area contributed by atoms with Crippen LogP contribution in [0.2, 0.25) is 0 Å². The van der Waals surface area contributed by atoms with Gasteiger partial charge < -0.3 is 14.8 Å². The van der Waals surface area contributed by atoms with E-state index in [1.54, 1.807) is 0 Å². The number of nitrogens with zero attached hydrogens (tertiary/aromatic N) is 1. The molecular formula is C16H18N2O4. The minimum absolute atomic E-state index is 0.0446. The molecule has 2 N–H and O–H groups in total. The van der Waals surface area contributed by atoms with Crippen LogP contribution in [0, 0.1) is 0 Å². The van der Waals surface area contributed by atoms with Crippen LogP contribution in [-0.2, 0) is 0 Å². The van der Waals surface area contributed by atoms with Crippen molar-refractivity contribution in [3.63, 3.8) is 0 Å². The predicted molar refractivity (Wildman–Crippen MR) is 81.7 cm³/mol. The van der Waals surface area contributed by atoms with E-state index in [1.165, 1.54) is 31.4 Å². The Morgan fingerprint density at radius 3 is 2.55 bits per heavy atom. The van der Waals surface area contributed by atoms with Gasteiger partial charge in [-0.05, 0) is 30.7 Å². The average Bonchev–Trinajstić information content (AvgIpc) is 2.54. The maximum absolute atomic E-state index is 12.4. The summed E-state index contributed by atoms with van der Waals surface area (Å²) in [6, 6.07) is 5.64. The Bertz CT molecular complexity index is 735. The first-order chi connectivity index (χ1) is 10.5. The standard InChI is InChI=1S/C16H18N2O4/c1-4-9(2)12-16(22-3)18-13(15(21)17-12)14(20)10-5-7-11(19)8-6-10/h5-9,19H,4H2,1-3H3,(H,17,21). The lowest BCUT2D eigenvalue weighted by Crippen LogP contribution is -2.24. The molecule has 22 heavy (non-hydrogen) atoms. The maximum atomic E-state index is 12.4. The number of aromatic nitrogens is 2. The lowest BCUT2D eigenvalue weighted by Gasteiger charge is -2.13. The molecule has 1 heterocycles. The van der Waals surface area contributed by atoms with E-state index in [4.69, 9.17) is 4.74 Å². The molecule has 1 aromatic carbocycles. The molecule has 0 aliphatic carbocycles. The Balaban J connectivity index is 2.50. The van der Waals surface area contributed by atoms with Gasteiger partial charge in [-0.25, -0.2) is 4.98 Å². The van der Waals surface area contributed by atoms with E-state index < -0.39 is 11.3 Å². The molecule has 6 heteroatoms. The van der Waals surface area contributed by atoms with E-state index >= 15 is 0 Å². The number of H-pyrrole nitrogens is 1. The molecule has 0 saturated heterocycles. The van der Waals surface area contributed by atoms with Crippen molar-refractivity contribution in [1.82, 2.24) is 9.97 Å². The first kappa shape index (κ1) is 15.8. The summed E-state index contributed by atoms with van der Waals surface area (Å²) in [6.07, 6.45) is 0.805. The van der Waals surface area contributed by atoms with Crippen molar-refractivity contribution >= 4 is 5.78 Å². The molecule has 0 fully saturated rings. The van der Waals surface area contributed by atoms with Crippen molar-refractivity contribution in [3.05, 3.63) is 51.6 Å². The zero-order valence-electron chi connectivity index (χ0n) is 12.7. The van der Waals surface area contributed by atoms with Crippen LogP contribution >= 0.6 is 0 Å². The Hall–Kier alpha value is -2.63. The van der Waals surface area contributed by atoms with Crippen LogP contribution in [0.5, 0.6) is 11.6 Å². The number of aromatic amines is 1. The van der Waals surface area contributed by atoms with Crippen molar-refractivity contribution in [2.75, 3.05) is 7.11 Å². The molecular weight excluding hydrogens is 284 g/mol. The molecule has 0 radical (unpaired) electrons. The highest BCUT2D eigenvalue weighted by atomic mass is 16.5. The number of phenols is 1. The molecule has 0 aliphatic heterocycles. The fourth-order valence-corrected chi connectivity index (χ4v) is 2.04. The molecule has 0 aliphatic rings. The van der Waals surface area contributed by atoms with Crippen LogP contribution in [0.15, 0.2) is 29.1 Å². The van der Waals surface area contributed by atoms with Gasteiger partial charge in [0.2, 0.25) is 11.7 Å². The third kappa shape index (κ3) is 3.00. The van der Waals surface area contributed by atoms with E-state index in [-0.39, 0.29) is 28.8 Å². The fraction of sp³-hybridized carbons (Fsp3) is 0.312. The Morgan fingerprint density at radius 1 is 1.36 bits per heavy atom. The highest BCUT2D eigenvalue weighted by Crippen LogP contribution is 2.24. The van der Waals surface area contributed by atoms with E-state index in [0.29, 0.717) is 5.69 Å². The average molecular weight is 302 g/mol. The van der Waals surface area contributed by atoms with Gasteiger partial charge in [-0.3, -0.25) is 9.59 Å². The van der Waals surface area contributed by atoms with E-state index in [9.17, 15) is 14.7 Å². The monoisotopic (exact) mass is 302 g/mol.